The molecule has 1 rings (SSSR count). The smallest absolute Gasteiger partial charge is 0.302 e. The Morgan fingerprint density at radius 1 is 1.07 bits per heavy atom. The zero-order chi connectivity index (χ0) is 10.6. The Labute approximate surface area is 82.3 Å². The predicted octanol–water partition coefficient (Wildman–Crippen LogP) is 0.270. The third kappa shape index (κ3) is 3.74. The number of esters is 2. The summed E-state index contributed by atoms with van der Waals surface area (Å²) in [7, 11) is 0. The van der Waals surface area contributed by atoms with Crippen LogP contribution in [0.4, 0.5) is 0 Å². The van der Waals surface area contributed by atoms with Crippen LogP contribution in [0.2, 0.25) is 0 Å². The van der Waals surface area contributed by atoms with Gasteiger partial charge in [-0.05, 0) is 0 Å². The molecule has 5 heteroatoms. The molecule has 14 heavy (non-hydrogen) atoms. The summed E-state index contributed by atoms with van der Waals surface area (Å²) in [5.74, 6) is -0.691. The molecule has 0 radical (unpaired) electrons. The lowest BCUT2D eigenvalue weighted by Gasteiger charge is -2.28. The second kappa shape index (κ2) is 4.95. The van der Waals surface area contributed by atoms with Gasteiger partial charge in [-0.2, -0.15) is 0 Å². The first-order chi connectivity index (χ1) is 6.58. The lowest BCUT2D eigenvalue weighted by atomic mass is 10.1. The van der Waals surface area contributed by atoms with E-state index in [1.807, 2.05) is 0 Å². The minimum atomic E-state index is -0.345. The van der Waals surface area contributed by atoms with Gasteiger partial charge in [0.1, 0.15) is 12.2 Å². The highest BCUT2D eigenvalue weighted by Crippen LogP contribution is 2.14. The number of ether oxygens (including phenoxy) is 3. The number of hydrogen-bond donors (Lipinski definition) is 0. The largest absolute Gasteiger partial charge is 0.460 e. The molecule has 2 unspecified atom stereocenters. The topological polar surface area (TPSA) is 61.8 Å². The van der Waals surface area contributed by atoms with Gasteiger partial charge in [-0.15, -0.1) is 0 Å². The molecule has 1 fully saturated rings. The van der Waals surface area contributed by atoms with Crippen molar-refractivity contribution in [2.45, 2.75) is 32.5 Å². The maximum Gasteiger partial charge on any atom is 0.302 e. The third-order valence-corrected chi connectivity index (χ3v) is 1.80. The van der Waals surface area contributed by atoms with Crippen LogP contribution in [0.1, 0.15) is 20.3 Å². The summed E-state index contributed by atoms with van der Waals surface area (Å²) >= 11 is 0. The van der Waals surface area contributed by atoms with Crippen molar-refractivity contribution < 1.29 is 23.8 Å². The summed E-state index contributed by atoms with van der Waals surface area (Å²) in [4.78, 5) is 21.3. The molecule has 1 heterocycles. The highest BCUT2D eigenvalue weighted by atomic mass is 16.6. The van der Waals surface area contributed by atoms with Crippen molar-refractivity contribution in [1.29, 1.82) is 0 Å². The van der Waals surface area contributed by atoms with Crippen molar-refractivity contribution in [2.24, 2.45) is 0 Å². The highest BCUT2D eigenvalue weighted by molar-refractivity contribution is 5.66. The highest BCUT2D eigenvalue weighted by Gasteiger charge is 2.26. The number of hydrogen-bond acceptors (Lipinski definition) is 5. The van der Waals surface area contributed by atoms with Gasteiger partial charge in [-0.25, -0.2) is 0 Å². The Balaban J connectivity index is 2.35. The van der Waals surface area contributed by atoms with Crippen molar-refractivity contribution in [2.75, 3.05) is 13.2 Å². The minimum absolute atomic E-state index is 0.300. The van der Waals surface area contributed by atoms with Crippen LogP contribution in [0.25, 0.3) is 0 Å². The van der Waals surface area contributed by atoms with Crippen molar-refractivity contribution in [3.63, 3.8) is 0 Å². The summed E-state index contributed by atoms with van der Waals surface area (Å²) < 4.78 is 15.0. The lowest BCUT2D eigenvalue weighted by Crippen LogP contribution is -2.38. The van der Waals surface area contributed by atoms with E-state index in [2.05, 4.69) is 0 Å². The third-order valence-electron chi connectivity index (χ3n) is 1.80. The molecular formula is C9H14O5. The first-order valence-corrected chi connectivity index (χ1v) is 4.50. The van der Waals surface area contributed by atoms with Crippen LogP contribution >= 0.6 is 0 Å². The van der Waals surface area contributed by atoms with Crippen molar-refractivity contribution in [1.82, 2.24) is 0 Å². The molecule has 2 atom stereocenters. The van der Waals surface area contributed by atoms with Gasteiger partial charge >= 0.3 is 11.9 Å². The minimum Gasteiger partial charge on any atom is -0.460 e. The van der Waals surface area contributed by atoms with E-state index in [0.717, 1.165) is 0 Å². The summed E-state index contributed by atoms with van der Waals surface area (Å²) in [5, 5.41) is 0. The van der Waals surface area contributed by atoms with Crippen molar-refractivity contribution in [3.05, 3.63) is 0 Å². The van der Waals surface area contributed by atoms with Crippen LogP contribution in [0.5, 0.6) is 0 Å². The first-order valence-electron chi connectivity index (χ1n) is 4.50. The summed E-state index contributed by atoms with van der Waals surface area (Å²) in [6.45, 7) is 3.43. The second-order valence-corrected chi connectivity index (χ2v) is 3.24. The standard InChI is InChI=1S/C9H14O5/c1-6(10)13-8-3-9(5-12-4-8)14-7(2)11/h8-9H,3-5H2,1-2H3. The Bertz CT molecular complexity index is 203. The van der Waals surface area contributed by atoms with Gasteiger partial charge < -0.3 is 14.2 Å². The van der Waals surface area contributed by atoms with Crippen LogP contribution in [-0.4, -0.2) is 37.4 Å². The van der Waals surface area contributed by atoms with Gasteiger partial charge in [0.15, 0.2) is 0 Å². The van der Waals surface area contributed by atoms with E-state index >= 15 is 0 Å². The number of rotatable bonds is 2. The van der Waals surface area contributed by atoms with Crippen LogP contribution in [-0.2, 0) is 23.8 Å². The second-order valence-electron chi connectivity index (χ2n) is 3.24. The van der Waals surface area contributed by atoms with E-state index in [1.165, 1.54) is 13.8 Å². The molecule has 0 aromatic heterocycles. The predicted molar refractivity (Wildman–Crippen MR) is 46.5 cm³/mol. The fraction of sp³-hybridized carbons (Fsp3) is 0.778. The quantitative estimate of drug-likeness (QED) is 0.601. The molecule has 0 N–H and O–H groups in total. The molecule has 5 nitrogen and oxygen atoms in total. The molecular weight excluding hydrogens is 188 g/mol. The number of carbonyl (C=O) groups excluding carboxylic acids is 2. The van der Waals surface area contributed by atoms with Gasteiger partial charge in [0.25, 0.3) is 0 Å². The molecule has 0 aliphatic carbocycles. The summed E-state index contributed by atoms with van der Waals surface area (Å²) in [6.07, 6.45) is -0.0877. The van der Waals surface area contributed by atoms with E-state index in [1.54, 1.807) is 0 Å². The average molecular weight is 202 g/mol. The molecule has 1 aliphatic rings. The fourth-order valence-electron chi connectivity index (χ4n) is 1.39. The summed E-state index contributed by atoms with van der Waals surface area (Å²) in [5.41, 5.74) is 0. The Morgan fingerprint density at radius 3 is 1.86 bits per heavy atom. The Hall–Kier alpha value is -1.10. The van der Waals surface area contributed by atoms with Crippen LogP contribution in [0, 0.1) is 0 Å². The SMILES string of the molecule is CC(=O)OC1COCC(OC(C)=O)C1. The molecule has 0 saturated carbocycles. The molecule has 1 aliphatic heterocycles. The molecule has 0 aromatic rings. The van der Waals surface area contributed by atoms with Crippen LogP contribution in [0.15, 0.2) is 0 Å². The molecule has 1 saturated heterocycles. The van der Waals surface area contributed by atoms with E-state index in [9.17, 15) is 9.59 Å². The van der Waals surface area contributed by atoms with E-state index in [0.29, 0.717) is 19.6 Å². The van der Waals surface area contributed by atoms with Gasteiger partial charge in [0.2, 0.25) is 0 Å². The van der Waals surface area contributed by atoms with E-state index in [-0.39, 0.29) is 24.1 Å². The molecule has 0 bridgehead atoms. The molecule has 0 spiro atoms. The van der Waals surface area contributed by atoms with Gasteiger partial charge in [0.05, 0.1) is 13.2 Å². The van der Waals surface area contributed by atoms with Gasteiger partial charge in [-0.3, -0.25) is 9.59 Å². The van der Waals surface area contributed by atoms with Crippen molar-refractivity contribution in [3.8, 4) is 0 Å². The van der Waals surface area contributed by atoms with Crippen LogP contribution < -0.4 is 0 Å². The van der Waals surface area contributed by atoms with Crippen LogP contribution in [0.3, 0.4) is 0 Å². The average Bonchev–Trinajstić information content (AvgIpc) is 2.01. The Morgan fingerprint density at radius 2 is 1.50 bits per heavy atom. The zero-order valence-electron chi connectivity index (χ0n) is 8.32. The van der Waals surface area contributed by atoms with Gasteiger partial charge in [-0.1, -0.05) is 0 Å². The van der Waals surface area contributed by atoms with E-state index in [4.69, 9.17) is 14.2 Å². The summed E-state index contributed by atoms with van der Waals surface area (Å²) in [6, 6.07) is 0. The maximum atomic E-state index is 10.7. The number of carbonyl (C=O) groups is 2. The maximum absolute atomic E-state index is 10.7. The van der Waals surface area contributed by atoms with Gasteiger partial charge in [0, 0.05) is 20.3 Å². The lowest BCUT2D eigenvalue weighted by molar-refractivity contribution is -0.168. The fourth-order valence-corrected chi connectivity index (χ4v) is 1.39. The van der Waals surface area contributed by atoms with E-state index < -0.39 is 0 Å². The normalized spacial score (nSPS) is 26.7. The zero-order valence-corrected chi connectivity index (χ0v) is 8.32. The Kier molecular flexibility index (Phi) is 3.88. The molecule has 80 valence electrons. The first kappa shape index (κ1) is 11.0. The monoisotopic (exact) mass is 202 g/mol. The van der Waals surface area contributed by atoms with Crippen molar-refractivity contribution >= 4 is 11.9 Å². The molecule has 0 aromatic carbocycles. The molecule has 0 amide bonds.